The Kier molecular flexibility index (Phi) is 7.01. The summed E-state index contributed by atoms with van der Waals surface area (Å²) in [7, 11) is -5.30. The fraction of sp³-hybridized carbons (Fsp3) is 0.647. The maximum absolute atomic E-state index is 11.3. The molecule has 0 heterocycles. The van der Waals surface area contributed by atoms with E-state index in [0.29, 0.717) is 6.61 Å². The van der Waals surface area contributed by atoms with Crippen LogP contribution >= 0.6 is 0 Å². The van der Waals surface area contributed by atoms with Crippen LogP contribution in [-0.2, 0) is 25.1 Å². The molecule has 0 radical (unpaired) electrons. The Morgan fingerprint density at radius 3 is 2.13 bits per heavy atom. The SMILES string of the molecule is CC(C)(C)[Si](C)(C)OC[C@@H](COS(C)(=O)=O)Cc1ccccc1. The molecular formula is C17H30O4SSi. The van der Waals surface area contributed by atoms with Crippen molar-refractivity contribution < 1.29 is 17.0 Å². The van der Waals surface area contributed by atoms with Crippen molar-refractivity contribution in [3.63, 3.8) is 0 Å². The topological polar surface area (TPSA) is 52.6 Å². The Morgan fingerprint density at radius 2 is 1.65 bits per heavy atom. The van der Waals surface area contributed by atoms with Crippen LogP contribution in [0.5, 0.6) is 0 Å². The van der Waals surface area contributed by atoms with Gasteiger partial charge < -0.3 is 4.43 Å². The van der Waals surface area contributed by atoms with Gasteiger partial charge in [0.05, 0.1) is 12.9 Å². The number of rotatable bonds is 8. The van der Waals surface area contributed by atoms with Crippen molar-refractivity contribution in [2.75, 3.05) is 19.5 Å². The highest BCUT2D eigenvalue weighted by atomic mass is 32.2. The van der Waals surface area contributed by atoms with Crippen LogP contribution in [0.4, 0.5) is 0 Å². The van der Waals surface area contributed by atoms with Crippen molar-refractivity contribution in [2.24, 2.45) is 5.92 Å². The number of benzene rings is 1. The van der Waals surface area contributed by atoms with Gasteiger partial charge in [-0.25, -0.2) is 0 Å². The van der Waals surface area contributed by atoms with E-state index in [1.54, 1.807) is 0 Å². The van der Waals surface area contributed by atoms with Crippen LogP contribution < -0.4 is 0 Å². The standard InChI is InChI=1S/C17H30O4SSi/c1-17(2,3)23(5,6)21-14-16(13-20-22(4,18)19)12-15-10-8-7-9-11-15/h7-11,16H,12-14H2,1-6H3/t16-/m1/s1. The maximum Gasteiger partial charge on any atom is 0.264 e. The summed E-state index contributed by atoms with van der Waals surface area (Å²) >= 11 is 0. The summed E-state index contributed by atoms with van der Waals surface area (Å²) in [5, 5.41) is 0.127. The summed E-state index contributed by atoms with van der Waals surface area (Å²) in [5.74, 6) is 0.0150. The lowest BCUT2D eigenvalue weighted by molar-refractivity contribution is 0.170. The van der Waals surface area contributed by atoms with Crippen molar-refractivity contribution in [1.82, 2.24) is 0 Å². The van der Waals surface area contributed by atoms with E-state index in [1.165, 1.54) is 0 Å². The minimum absolute atomic E-state index is 0.0150. The Labute approximate surface area is 142 Å². The smallest absolute Gasteiger partial charge is 0.264 e. The highest BCUT2D eigenvalue weighted by Gasteiger charge is 2.37. The molecule has 1 atom stereocenters. The molecule has 0 unspecified atom stereocenters. The summed E-state index contributed by atoms with van der Waals surface area (Å²) in [5.41, 5.74) is 1.16. The Morgan fingerprint density at radius 1 is 1.09 bits per heavy atom. The van der Waals surface area contributed by atoms with Crippen LogP contribution in [0.15, 0.2) is 30.3 Å². The van der Waals surface area contributed by atoms with E-state index >= 15 is 0 Å². The maximum atomic E-state index is 11.3. The monoisotopic (exact) mass is 358 g/mol. The van der Waals surface area contributed by atoms with Gasteiger partial charge in [0.25, 0.3) is 10.1 Å². The van der Waals surface area contributed by atoms with Gasteiger partial charge in [-0.05, 0) is 30.1 Å². The zero-order valence-corrected chi connectivity index (χ0v) is 16.9. The number of hydrogen-bond donors (Lipinski definition) is 0. The summed E-state index contributed by atoms with van der Waals surface area (Å²) in [6.45, 7) is 11.6. The molecule has 6 heteroatoms. The van der Waals surface area contributed by atoms with Gasteiger partial charge in [-0.2, -0.15) is 8.42 Å². The third kappa shape index (κ3) is 7.61. The summed E-state index contributed by atoms with van der Waals surface area (Å²) in [4.78, 5) is 0. The first kappa shape index (κ1) is 20.4. The predicted molar refractivity (Wildman–Crippen MR) is 97.6 cm³/mol. The van der Waals surface area contributed by atoms with E-state index in [1.807, 2.05) is 30.3 Å². The van der Waals surface area contributed by atoms with Crippen LogP contribution in [-0.4, -0.2) is 36.2 Å². The lowest BCUT2D eigenvalue weighted by atomic mass is 10.0. The normalized spacial score (nSPS) is 14.7. The molecule has 23 heavy (non-hydrogen) atoms. The van der Waals surface area contributed by atoms with E-state index in [2.05, 4.69) is 33.9 Å². The van der Waals surface area contributed by atoms with Gasteiger partial charge in [0.15, 0.2) is 8.32 Å². The first-order valence-corrected chi connectivity index (χ1v) is 12.7. The molecule has 0 bridgehead atoms. The Balaban J connectivity index is 2.75. The molecule has 0 spiro atoms. The van der Waals surface area contributed by atoms with Gasteiger partial charge in [0.1, 0.15) is 0 Å². The lowest BCUT2D eigenvalue weighted by Crippen LogP contribution is -2.42. The van der Waals surface area contributed by atoms with Gasteiger partial charge >= 0.3 is 0 Å². The second-order valence-corrected chi connectivity index (χ2v) is 14.1. The highest BCUT2D eigenvalue weighted by molar-refractivity contribution is 7.85. The molecule has 0 amide bonds. The fourth-order valence-corrected chi connectivity index (χ4v) is 3.40. The molecule has 0 saturated carbocycles. The molecule has 0 aliphatic heterocycles. The van der Waals surface area contributed by atoms with Crippen LogP contribution in [0, 0.1) is 5.92 Å². The molecule has 1 rings (SSSR count). The van der Waals surface area contributed by atoms with Gasteiger partial charge in [0.2, 0.25) is 0 Å². The average molecular weight is 359 g/mol. The molecule has 0 aliphatic carbocycles. The van der Waals surface area contributed by atoms with E-state index < -0.39 is 18.4 Å². The zero-order valence-electron chi connectivity index (χ0n) is 15.1. The minimum atomic E-state index is -3.44. The van der Waals surface area contributed by atoms with Gasteiger partial charge in [-0.15, -0.1) is 0 Å². The molecule has 4 nitrogen and oxygen atoms in total. The van der Waals surface area contributed by atoms with Crippen molar-refractivity contribution in [2.45, 2.75) is 45.3 Å². The Bertz CT molecular complexity index is 576. The van der Waals surface area contributed by atoms with E-state index in [-0.39, 0.29) is 17.6 Å². The van der Waals surface area contributed by atoms with E-state index in [9.17, 15) is 8.42 Å². The molecule has 0 fully saturated rings. The second kappa shape index (κ2) is 7.92. The van der Waals surface area contributed by atoms with E-state index in [4.69, 9.17) is 8.61 Å². The number of hydrogen-bond acceptors (Lipinski definition) is 4. The highest BCUT2D eigenvalue weighted by Crippen LogP contribution is 2.36. The second-order valence-electron chi connectivity index (χ2n) is 7.62. The predicted octanol–water partition coefficient (Wildman–Crippen LogP) is 3.84. The van der Waals surface area contributed by atoms with Crippen molar-refractivity contribution >= 4 is 18.4 Å². The third-order valence-corrected chi connectivity index (χ3v) is 9.44. The van der Waals surface area contributed by atoms with Gasteiger partial charge in [-0.3, -0.25) is 4.18 Å². The van der Waals surface area contributed by atoms with Crippen molar-refractivity contribution in [1.29, 1.82) is 0 Å². The molecule has 1 aromatic rings. The van der Waals surface area contributed by atoms with Crippen molar-refractivity contribution in [3.8, 4) is 0 Å². The minimum Gasteiger partial charge on any atom is -0.416 e. The first-order chi connectivity index (χ1) is 10.4. The Hall–Kier alpha value is -0.693. The quantitative estimate of drug-likeness (QED) is 0.523. The zero-order chi connectivity index (χ0) is 17.7. The van der Waals surface area contributed by atoms with Crippen molar-refractivity contribution in [3.05, 3.63) is 35.9 Å². The summed E-state index contributed by atoms with van der Waals surface area (Å²) in [6, 6.07) is 10.0. The lowest BCUT2D eigenvalue weighted by Gasteiger charge is -2.37. The fourth-order valence-electron chi connectivity index (χ4n) is 1.88. The largest absolute Gasteiger partial charge is 0.416 e. The third-order valence-electron chi connectivity index (χ3n) is 4.37. The molecule has 1 aromatic carbocycles. The molecule has 0 aliphatic rings. The van der Waals surface area contributed by atoms with Gasteiger partial charge in [-0.1, -0.05) is 51.1 Å². The molecular weight excluding hydrogens is 328 g/mol. The van der Waals surface area contributed by atoms with E-state index in [0.717, 1.165) is 18.2 Å². The van der Waals surface area contributed by atoms with Gasteiger partial charge in [0, 0.05) is 12.5 Å². The van der Waals surface area contributed by atoms with Crippen LogP contribution in [0.3, 0.4) is 0 Å². The molecule has 0 saturated heterocycles. The van der Waals surface area contributed by atoms with Crippen LogP contribution in [0.2, 0.25) is 18.1 Å². The molecule has 0 aromatic heterocycles. The van der Waals surface area contributed by atoms with Crippen LogP contribution in [0.25, 0.3) is 0 Å². The summed E-state index contributed by atoms with van der Waals surface area (Å²) in [6.07, 6.45) is 1.83. The van der Waals surface area contributed by atoms with Crippen LogP contribution in [0.1, 0.15) is 26.3 Å². The average Bonchev–Trinajstić information content (AvgIpc) is 2.41. The first-order valence-electron chi connectivity index (χ1n) is 7.93. The molecule has 132 valence electrons. The summed E-state index contributed by atoms with van der Waals surface area (Å²) < 4.78 is 33.9. The molecule has 0 N–H and O–H groups in total.